The Labute approximate surface area is 159 Å². The summed E-state index contributed by atoms with van der Waals surface area (Å²) in [7, 11) is 1.64. The molecule has 2 amide bonds. The monoisotopic (exact) mass is 376 g/mol. The normalized spacial score (nSPS) is 10.7. The topological polar surface area (TPSA) is 58.4 Å². The molecule has 7 heteroatoms. The van der Waals surface area contributed by atoms with Crippen molar-refractivity contribution in [2.24, 2.45) is 0 Å². The third-order valence-electron chi connectivity index (χ3n) is 4.40. The number of rotatable bonds is 6. The summed E-state index contributed by atoms with van der Waals surface area (Å²) in [6, 6.07) is 7.12. The van der Waals surface area contributed by atoms with Crippen LogP contribution in [0.4, 0.5) is 0 Å². The first kappa shape index (κ1) is 20.0. The lowest BCUT2D eigenvalue weighted by Crippen LogP contribution is -2.41. The standard InChI is InChI=1S/C19H25ClN4O2/c1-6-23(7-2)17(25)12-22(5)19(26)15-8-10-16(11-9-15)24-14(4)18(20)13(3)21-24/h8-11H,6-7,12H2,1-5H3. The molecule has 0 aliphatic heterocycles. The number of hydrogen-bond acceptors (Lipinski definition) is 3. The van der Waals surface area contributed by atoms with E-state index in [1.54, 1.807) is 28.8 Å². The SMILES string of the molecule is CCN(CC)C(=O)CN(C)C(=O)c1ccc(-n2nc(C)c(Cl)c2C)cc1. The highest BCUT2D eigenvalue weighted by atomic mass is 35.5. The first-order valence-corrected chi connectivity index (χ1v) is 9.03. The van der Waals surface area contributed by atoms with E-state index >= 15 is 0 Å². The molecule has 0 N–H and O–H groups in total. The van der Waals surface area contributed by atoms with E-state index < -0.39 is 0 Å². The second-order valence-electron chi connectivity index (χ2n) is 6.17. The summed E-state index contributed by atoms with van der Waals surface area (Å²) in [5.41, 5.74) is 2.97. The van der Waals surface area contributed by atoms with Gasteiger partial charge in [-0.25, -0.2) is 4.68 Å². The van der Waals surface area contributed by atoms with Crippen molar-refractivity contribution in [3.05, 3.63) is 46.2 Å². The van der Waals surface area contributed by atoms with Gasteiger partial charge in [0.05, 0.1) is 28.6 Å². The fraction of sp³-hybridized carbons (Fsp3) is 0.421. The van der Waals surface area contributed by atoms with E-state index in [1.165, 1.54) is 4.90 Å². The minimum Gasteiger partial charge on any atom is -0.342 e. The van der Waals surface area contributed by atoms with Crippen LogP contribution in [0.5, 0.6) is 0 Å². The van der Waals surface area contributed by atoms with Gasteiger partial charge in [-0.05, 0) is 52.0 Å². The number of carbonyl (C=O) groups excluding carboxylic acids is 2. The van der Waals surface area contributed by atoms with Gasteiger partial charge in [0.25, 0.3) is 5.91 Å². The first-order valence-electron chi connectivity index (χ1n) is 8.65. The van der Waals surface area contributed by atoms with Gasteiger partial charge in [0.15, 0.2) is 0 Å². The van der Waals surface area contributed by atoms with E-state index in [2.05, 4.69) is 5.10 Å². The molecule has 0 atom stereocenters. The number of nitrogens with zero attached hydrogens (tertiary/aromatic N) is 4. The quantitative estimate of drug-likeness (QED) is 0.778. The second kappa shape index (κ2) is 8.36. The van der Waals surface area contributed by atoms with Crippen LogP contribution in [0.25, 0.3) is 5.69 Å². The van der Waals surface area contributed by atoms with Crippen LogP contribution < -0.4 is 0 Å². The molecule has 0 spiro atoms. The summed E-state index contributed by atoms with van der Waals surface area (Å²) < 4.78 is 1.75. The van der Waals surface area contributed by atoms with Crippen LogP contribution in [0.1, 0.15) is 35.6 Å². The van der Waals surface area contributed by atoms with Crippen LogP contribution in [0.2, 0.25) is 5.02 Å². The summed E-state index contributed by atoms with van der Waals surface area (Å²) >= 11 is 6.19. The van der Waals surface area contributed by atoms with Crippen LogP contribution in [-0.4, -0.2) is 58.1 Å². The zero-order chi connectivity index (χ0) is 19.4. The Morgan fingerprint density at radius 3 is 2.15 bits per heavy atom. The maximum Gasteiger partial charge on any atom is 0.254 e. The molecule has 0 unspecified atom stereocenters. The highest BCUT2D eigenvalue weighted by Gasteiger charge is 2.18. The Bertz CT molecular complexity index is 795. The highest BCUT2D eigenvalue weighted by Crippen LogP contribution is 2.22. The average molecular weight is 377 g/mol. The molecule has 0 saturated heterocycles. The minimum atomic E-state index is -0.191. The molecule has 1 aromatic carbocycles. The van der Waals surface area contributed by atoms with Crippen molar-refractivity contribution in [2.45, 2.75) is 27.7 Å². The lowest BCUT2D eigenvalue weighted by molar-refractivity contribution is -0.131. The van der Waals surface area contributed by atoms with Crippen molar-refractivity contribution < 1.29 is 9.59 Å². The lowest BCUT2D eigenvalue weighted by Gasteiger charge is -2.23. The number of likely N-dealkylation sites (N-methyl/N-ethyl adjacent to an activating group) is 2. The van der Waals surface area contributed by atoms with Crippen molar-refractivity contribution in [1.82, 2.24) is 19.6 Å². The number of amides is 2. The summed E-state index contributed by atoms with van der Waals surface area (Å²) in [6.07, 6.45) is 0. The van der Waals surface area contributed by atoms with Crippen LogP contribution in [-0.2, 0) is 4.79 Å². The molecule has 1 heterocycles. The van der Waals surface area contributed by atoms with E-state index in [4.69, 9.17) is 11.6 Å². The molecule has 0 bridgehead atoms. The van der Waals surface area contributed by atoms with Gasteiger partial charge in [-0.3, -0.25) is 9.59 Å². The van der Waals surface area contributed by atoms with Crippen LogP contribution in [0.15, 0.2) is 24.3 Å². The van der Waals surface area contributed by atoms with E-state index in [-0.39, 0.29) is 18.4 Å². The smallest absolute Gasteiger partial charge is 0.254 e. The Morgan fingerprint density at radius 1 is 1.12 bits per heavy atom. The van der Waals surface area contributed by atoms with Crippen LogP contribution in [0.3, 0.4) is 0 Å². The van der Waals surface area contributed by atoms with Crippen LogP contribution >= 0.6 is 11.6 Å². The molecule has 26 heavy (non-hydrogen) atoms. The zero-order valence-corrected chi connectivity index (χ0v) is 16.7. The Morgan fingerprint density at radius 2 is 1.69 bits per heavy atom. The molecule has 0 fully saturated rings. The van der Waals surface area contributed by atoms with E-state index in [1.807, 2.05) is 39.8 Å². The third kappa shape index (κ3) is 4.07. The van der Waals surface area contributed by atoms with Crippen molar-refractivity contribution in [3.8, 4) is 5.69 Å². The largest absolute Gasteiger partial charge is 0.342 e. The van der Waals surface area contributed by atoms with Gasteiger partial charge in [0.2, 0.25) is 5.91 Å². The molecule has 1 aromatic heterocycles. The van der Waals surface area contributed by atoms with Crippen molar-refractivity contribution in [1.29, 1.82) is 0 Å². The predicted octanol–water partition coefficient (Wildman–Crippen LogP) is 3.08. The average Bonchev–Trinajstić information content (AvgIpc) is 2.89. The van der Waals surface area contributed by atoms with Gasteiger partial charge < -0.3 is 9.80 Å². The predicted molar refractivity (Wildman–Crippen MR) is 103 cm³/mol. The summed E-state index contributed by atoms with van der Waals surface area (Å²) in [6.45, 7) is 8.93. The summed E-state index contributed by atoms with van der Waals surface area (Å²) in [5.74, 6) is -0.247. The fourth-order valence-corrected chi connectivity index (χ4v) is 2.91. The van der Waals surface area contributed by atoms with Crippen molar-refractivity contribution >= 4 is 23.4 Å². The number of benzene rings is 1. The molecular weight excluding hydrogens is 352 g/mol. The first-order chi connectivity index (χ1) is 12.3. The van der Waals surface area contributed by atoms with Gasteiger partial charge in [0, 0.05) is 25.7 Å². The molecule has 140 valence electrons. The molecule has 0 aliphatic carbocycles. The van der Waals surface area contributed by atoms with Gasteiger partial charge in [-0.15, -0.1) is 0 Å². The van der Waals surface area contributed by atoms with Gasteiger partial charge >= 0.3 is 0 Å². The number of aromatic nitrogens is 2. The maximum absolute atomic E-state index is 12.6. The molecule has 0 aliphatic rings. The highest BCUT2D eigenvalue weighted by molar-refractivity contribution is 6.31. The molecule has 2 rings (SSSR count). The number of hydrogen-bond donors (Lipinski definition) is 0. The van der Waals surface area contributed by atoms with Gasteiger partial charge in [-0.1, -0.05) is 11.6 Å². The molecule has 6 nitrogen and oxygen atoms in total. The second-order valence-corrected chi connectivity index (χ2v) is 6.55. The van der Waals surface area contributed by atoms with Gasteiger partial charge in [-0.2, -0.15) is 5.10 Å². The molecule has 2 aromatic rings. The molecule has 0 radical (unpaired) electrons. The minimum absolute atomic E-state index is 0.0558. The van der Waals surface area contributed by atoms with Gasteiger partial charge in [0.1, 0.15) is 0 Å². The van der Waals surface area contributed by atoms with Crippen molar-refractivity contribution in [3.63, 3.8) is 0 Å². The van der Waals surface area contributed by atoms with E-state index in [0.29, 0.717) is 23.7 Å². The summed E-state index contributed by atoms with van der Waals surface area (Å²) in [5, 5.41) is 5.05. The lowest BCUT2D eigenvalue weighted by atomic mass is 10.2. The Balaban J connectivity index is 2.13. The summed E-state index contributed by atoms with van der Waals surface area (Å²) in [4.78, 5) is 27.9. The van der Waals surface area contributed by atoms with Crippen LogP contribution in [0, 0.1) is 13.8 Å². The number of halogens is 1. The number of aryl methyl sites for hydroxylation is 1. The Hall–Kier alpha value is -2.34. The molecule has 0 saturated carbocycles. The fourth-order valence-electron chi connectivity index (χ4n) is 2.79. The number of carbonyl (C=O) groups is 2. The van der Waals surface area contributed by atoms with E-state index in [0.717, 1.165) is 17.1 Å². The maximum atomic E-state index is 12.6. The van der Waals surface area contributed by atoms with E-state index in [9.17, 15) is 9.59 Å². The van der Waals surface area contributed by atoms with Crippen molar-refractivity contribution in [2.75, 3.05) is 26.7 Å². The Kier molecular flexibility index (Phi) is 6.42. The third-order valence-corrected chi connectivity index (χ3v) is 4.94. The molecular formula is C19H25ClN4O2. The zero-order valence-electron chi connectivity index (χ0n) is 15.9.